The summed E-state index contributed by atoms with van der Waals surface area (Å²) in [6.07, 6.45) is -0.0243. The van der Waals surface area contributed by atoms with Gasteiger partial charge in [-0.2, -0.15) is 0 Å². The van der Waals surface area contributed by atoms with Gasteiger partial charge in [0, 0.05) is 0 Å². The van der Waals surface area contributed by atoms with Gasteiger partial charge in [-0.05, 0) is 60.8 Å². The van der Waals surface area contributed by atoms with Crippen molar-refractivity contribution in [1.29, 1.82) is 0 Å². The van der Waals surface area contributed by atoms with E-state index >= 15 is 0 Å². The maximum absolute atomic E-state index is 12.5. The lowest BCUT2D eigenvalue weighted by atomic mass is 9.72. The maximum Gasteiger partial charge on any atom is 0.327 e. The van der Waals surface area contributed by atoms with Gasteiger partial charge in [0.25, 0.3) is 0 Å². The van der Waals surface area contributed by atoms with Gasteiger partial charge in [0.05, 0.1) is 12.0 Å². The number of carbonyl (C=O) groups is 2. The van der Waals surface area contributed by atoms with Gasteiger partial charge in [-0.25, -0.2) is 0 Å². The van der Waals surface area contributed by atoms with Crippen LogP contribution in [0.4, 0.5) is 0 Å². The van der Waals surface area contributed by atoms with Gasteiger partial charge in [0.2, 0.25) is 0 Å². The second-order valence-corrected chi connectivity index (χ2v) is 8.06. The van der Waals surface area contributed by atoms with Crippen molar-refractivity contribution in [2.45, 2.75) is 83.6 Å². The van der Waals surface area contributed by atoms with Crippen molar-refractivity contribution in [3.05, 3.63) is 0 Å². The summed E-state index contributed by atoms with van der Waals surface area (Å²) in [5.74, 6) is -2.10. The third-order valence-electron chi connectivity index (χ3n) is 3.49. The van der Waals surface area contributed by atoms with Crippen LogP contribution in [0.3, 0.4) is 0 Å². The van der Waals surface area contributed by atoms with E-state index in [1.165, 1.54) is 0 Å². The smallest absolute Gasteiger partial charge is 0.327 e. The van der Waals surface area contributed by atoms with Gasteiger partial charge in [0.15, 0.2) is 0 Å². The fraction of sp³-hybridized carbons (Fsp3) is 0.875. The topological polar surface area (TPSA) is 134 Å². The molecule has 0 aromatic rings. The standard InChI is InChI=1S/C16H29NO5.H3N/c1-14(2,3)21-12(19)11-9-10(18)7-8-16(11,17)13(20)22-15(4,5)6;/h10-11,18H,7-9,17H2,1-6H3;1H3. The van der Waals surface area contributed by atoms with E-state index in [0.29, 0.717) is 6.42 Å². The molecule has 0 radical (unpaired) electrons. The summed E-state index contributed by atoms with van der Waals surface area (Å²) in [6.45, 7) is 10.5. The van der Waals surface area contributed by atoms with E-state index in [4.69, 9.17) is 15.2 Å². The predicted molar refractivity (Wildman–Crippen MR) is 87.0 cm³/mol. The number of aliphatic hydroxyl groups excluding tert-OH is 1. The van der Waals surface area contributed by atoms with Crippen LogP contribution in [0.25, 0.3) is 0 Å². The summed E-state index contributed by atoms with van der Waals surface area (Å²) in [5, 5.41) is 9.86. The highest BCUT2D eigenvalue weighted by Gasteiger charge is 2.52. The molecule has 0 aliphatic heterocycles. The lowest BCUT2D eigenvalue weighted by Crippen LogP contribution is -2.62. The lowest BCUT2D eigenvalue weighted by Gasteiger charge is -2.41. The molecular weight excluding hydrogens is 300 g/mol. The number of hydrogen-bond donors (Lipinski definition) is 3. The maximum atomic E-state index is 12.5. The van der Waals surface area contributed by atoms with Crippen molar-refractivity contribution >= 4 is 11.9 Å². The van der Waals surface area contributed by atoms with Crippen molar-refractivity contribution in [3.63, 3.8) is 0 Å². The molecule has 0 amide bonds. The minimum atomic E-state index is -1.46. The summed E-state index contributed by atoms with van der Waals surface area (Å²) in [6, 6.07) is 0. The zero-order chi connectivity index (χ0) is 17.3. The molecule has 7 nitrogen and oxygen atoms in total. The van der Waals surface area contributed by atoms with Gasteiger partial charge >= 0.3 is 11.9 Å². The third kappa shape index (κ3) is 6.08. The van der Waals surface area contributed by atoms with Crippen molar-refractivity contribution in [2.24, 2.45) is 11.7 Å². The molecule has 1 saturated carbocycles. The summed E-state index contributed by atoms with van der Waals surface area (Å²) < 4.78 is 10.7. The Morgan fingerprint density at radius 1 is 1.09 bits per heavy atom. The monoisotopic (exact) mass is 332 g/mol. The fourth-order valence-electron chi connectivity index (χ4n) is 2.48. The Kier molecular flexibility index (Phi) is 6.78. The molecule has 1 aliphatic carbocycles. The Morgan fingerprint density at radius 2 is 1.57 bits per heavy atom. The van der Waals surface area contributed by atoms with Gasteiger partial charge in [-0.15, -0.1) is 0 Å². The van der Waals surface area contributed by atoms with Crippen LogP contribution in [0.15, 0.2) is 0 Å². The van der Waals surface area contributed by atoms with E-state index in [1.54, 1.807) is 41.5 Å². The second kappa shape index (κ2) is 7.15. The Balaban J connectivity index is 0.00000484. The highest BCUT2D eigenvalue weighted by Crippen LogP contribution is 2.36. The van der Waals surface area contributed by atoms with E-state index in [1.807, 2.05) is 0 Å². The van der Waals surface area contributed by atoms with Gasteiger partial charge in [-0.3, -0.25) is 9.59 Å². The number of ether oxygens (including phenoxy) is 2. The minimum Gasteiger partial charge on any atom is -0.460 e. The molecule has 0 heterocycles. The molecule has 0 saturated heterocycles. The van der Waals surface area contributed by atoms with Crippen molar-refractivity contribution in [3.8, 4) is 0 Å². The summed E-state index contributed by atoms with van der Waals surface area (Å²) >= 11 is 0. The molecule has 23 heavy (non-hydrogen) atoms. The van der Waals surface area contributed by atoms with Crippen LogP contribution in [0.5, 0.6) is 0 Å². The molecule has 0 spiro atoms. The molecule has 0 aromatic heterocycles. The van der Waals surface area contributed by atoms with Crippen LogP contribution >= 0.6 is 0 Å². The molecule has 0 aromatic carbocycles. The van der Waals surface area contributed by atoms with Gasteiger partial charge in [-0.1, -0.05) is 0 Å². The average molecular weight is 332 g/mol. The van der Waals surface area contributed by atoms with Crippen LogP contribution in [-0.4, -0.2) is 39.9 Å². The van der Waals surface area contributed by atoms with E-state index < -0.39 is 40.7 Å². The molecule has 7 heteroatoms. The van der Waals surface area contributed by atoms with E-state index in [-0.39, 0.29) is 19.0 Å². The number of hydrogen-bond acceptors (Lipinski definition) is 7. The molecule has 3 atom stereocenters. The summed E-state index contributed by atoms with van der Waals surface area (Å²) in [5.41, 5.74) is 3.40. The fourth-order valence-corrected chi connectivity index (χ4v) is 2.48. The normalized spacial score (nSPS) is 28.5. The lowest BCUT2D eigenvalue weighted by molar-refractivity contribution is -0.179. The van der Waals surface area contributed by atoms with Crippen molar-refractivity contribution < 1.29 is 24.2 Å². The molecule has 1 fully saturated rings. The Morgan fingerprint density at radius 3 is 2.00 bits per heavy atom. The van der Waals surface area contributed by atoms with Crippen molar-refractivity contribution in [1.82, 2.24) is 6.15 Å². The quantitative estimate of drug-likeness (QED) is 0.655. The summed E-state index contributed by atoms with van der Waals surface area (Å²) in [7, 11) is 0. The minimum absolute atomic E-state index is 0. The molecule has 0 bridgehead atoms. The van der Waals surface area contributed by atoms with Crippen LogP contribution in [-0.2, 0) is 19.1 Å². The predicted octanol–water partition coefficient (Wildman–Crippen LogP) is 1.69. The zero-order valence-corrected chi connectivity index (χ0v) is 15.1. The first-order valence-corrected chi connectivity index (χ1v) is 7.68. The number of nitrogens with two attached hydrogens (primary N) is 1. The SMILES string of the molecule is CC(C)(C)OC(=O)C1CC(O)CCC1(N)C(=O)OC(C)(C)C.N. The van der Waals surface area contributed by atoms with E-state index in [2.05, 4.69) is 0 Å². The first kappa shape index (κ1) is 21.8. The molecule has 1 rings (SSSR count). The van der Waals surface area contributed by atoms with Crippen LogP contribution in [0.2, 0.25) is 0 Å². The molecular formula is C16H32N2O5. The number of aliphatic hydroxyl groups is 1. The van der Waals surface area contributed by atoms with Gasteiger partial charge in [0.1, 0.15) is 16.7 Å². The number of esters is 2. The zero-order valence-electron chi connectivity index (χ0n) is 15.1. The number of carbonyl (C=O) groups excluding carboxylic acids is 2. The van der Waals surface area contributed by atoms with Crippen LogP contribution < -0.4 is 11.9 Å². The summed E-state index contributed by atoms with van der Waals surface area (Å²) in [4.78, 5) is 24.9. The second-order valence-electron chi connectivity index (χ2n) is 8.06. The third-order valence-corrected chi connectivity index (χ3v) is 3.49. The highest BCUT2D eigenvalue weighted by atomic mass is 16.6. The van der Waals surface area contributed by atoms with E-state index in [0.717, 1.165) is 0 Å². The Hall–Kier alpha value is -1.18. The molecule has 1 aliphatic rings. The average Bonchev–Trinajstić information content (AvgIpc) is 2.27. The Bertz CT molecular complexity index is 439. The van der Waals surface area contributed by atoms with Crippen molar-refractivity contribution in [2.75, 3.05) is 0 Å². The van der Waals surface area contributed by atoms with E-state index in [9.17, 15) is 14.7 Å². The largest absolute Gasteiger partial charge is 0.460 e. The molecule has 3 unspecified atom stereocenters. The van der Waals surface area contributed by atoms with Crippen LogP contribution in [0, 0.1) is 5.92 Å². The highest BCUT2D eigenvalue weighted by molar-refractivity contribution is 5.89. The van der Waals surface area contributed by atoms with Crippen LogP contribution in [0.1, 0.15) is 60.8 Å². The number of rotatable bonds is 2. The Labute approximate surface area is 138 Å². The van der Waals surface area contributed by atoms with Gasteiger partial charge < -0.3 is 26.5 Å². The molecule has 136 valence electrons. The first-order chi connectivity index (χ1) is 9.74. The first-order valence-electron chi connectivity index (χ1n) is 7.68. The molecule has 6 N–H and O–H groups in total.